The maximum atomic E-state index is 12.4. The van der Waals surface area contributed by atoms with Gasteiger partial charge in [0.2, 0.25) is 5.91 Å². The van der Waals surface area contributed by atoms with Gasteiger partial charge in [-0.3, -0.25) is 4.79 Å². The van der Waals surface area contributed by atoms with Crippen LogP contribution in [0.25, 0.3) is 11.1 Å². The Kier molecular flexibility index (Phi) is 6.13. The van der Waals surface area contributed by atoms with Crippen LogP contribution in [0, 0.1) is 13.8 Å². The van der Waals surface area contributed by atoms with E-state index in [1.807, 2.05) is 80.6 Å². The van der Waals surface area contributed by atoms with Crippen LogP contribution < -0.4 is 10.1 Å². The van der Waals surface area contributed by atoms with Crippen molar-refractivity contribution < 1.29 is 14.1 Å². The molecule has 5 nitrogen and oxygen atoms in total. The Bertz CT molecular complexity index is 1130. The smallest absolute Gasteiger partial charge is 0.228 e. The number of rotatable bonds is 7. The van der Waals surface area contributed by atoms with Gasteiger partial charge in [0.1, 0.15) is 18.1 Å². The molecule has 4 rings (SSSR count). The van der Waals surface area contributed by atoms with Gasteiger partial charge in [-0.1, -0.05) is 59.8 Å². The van der Waals surface area contributed by atoms with Crippen LogP contribution in [0.15, 0.2) is 83.4 Å². The largest absolute Gasteiger partial charge is 0.489 e. The van der Waals surface area contributed by atoms with E-state index < -0.39 is 0 Å². The monoisotopic (exact) mass is 412 g/mol. The number of carbonyl (C=O) groups is 1. The van der Waals surface area contributed by atoms with Crippen LogP contribution in [-0.2, 0) is 17.8 Å². The number of hydrogen-bond donors (Lipinski definition) is 1. The number of nitrogens with one attached hydrogen (secondary N) is 1. The van der Waals surface area contributed by atoms with Gasteiger partial charge in [0.25, 0.3) is 0 Å². The van der Waals surface area contributed by atoms with E-state index in [0.717, 1.165) is 45.1 Å². The first kappa shape index (κ1) is 20.4. The summed E-state index contributed by atoms with van der Waals surface area (Å²) >= 11 is 0. The third kappa shape index (κ3) is 5.20. The molecule has 0 aliphatic carbocycles. The molecule has 5 heteroatoms. The van der Waals surface area contributed by atoms with Crippen LogP contribution >= 0.6 is 0 Å². The van der Waals surface area contributed by atoms with Crippen LogP contribution in [0.5, 0.6) is 5.75 Å². The fraction of sp³-hybridized carbons (Fsp3) is 0.154. The number of carbonyl (C=O) groups excluding carboxylic acids is 1. The SMILES string of the molecule is Cc1noc(C)c1COc1ccc(CC(=O)Nc2ccc(-c3ccccc3)cc2)cc1. The van der Waals surface area contributed by atoms with E-state index in [9.17, 15) is 4.79 Å². The number of ether oxygens (including phenoxy) is 1. The molecule has 0 spiro atoms. The lowest BCUT2D eigenvalue weighted by atomic mass is 10.1. The topological polar surface area (TPSA) is 64.4 Å². The van der Waals surface area contributed by atoms with E-state index in [0.29, 0.717) is 13.0 Å². The van der Waals surface area contributed by atoms with Gasteiger partial charge >= 0.3 is 0 Å². The van der Waals surface area contributed by atoms with Crippen LogP contribution in [0.3, 0.4) is 0 Å². The van der Waals surface area contributed by atoms with Gasteiger partial charge in [0, 0.05) is 5.69 Å². The fourth-order valence-corrected chi connectivity index (χ4v) is 3.33. The number of amides is 1. The Morgan fingerprint density at radius 2 is 1.58 bits per heavy atom. The van der Waals surface area contributed by atoms with Crippen molar-refractivity contribution in [2.75, 3.05) is 5.32 Å². The first-order valence-electron chi connectivity index (χ1n) is 10.2. The number of nitrogens with zero attached hydrogens (tertiary/aromatic N) is 1. The van der Waals surface area contributed by atoms with Gasteiger partial charge in [-0.25, -0.2) is 0 Å². The van der Waals surface area contributed by atoms with Gasteiger partial charge in [0.15, 0.2) is 0 Å². The average molecular weight is 412 g/mol. The molecule has 0 fully saturated rings. The summed E-state index contributed by atoms with van der Waals surface area (Å²) < 4.78 is 11.0. The fourth-order valence-electron chi connectivity index (χ4n) is 3.33. The van der Waals surface area contributed by atoms with Crippen molar-refractivity contribution in [2.45, 2.75) is 26.9 Å². The number of aromatic nitrogens is 1. The summed E-state index contributed by atoms with van der Waals surface area (Å²) in [5, 5.41) is 6.88. The highest BCUT2D eigenvalue weighted by Gasteiger charge is 2.10. The molecule has 0 unspecified atom stereocenters. The first-order valence-corrected chi connectivity index (χ1v) is 10.2. The van der Waals surface area contributed by atoms with Gasteiger partial charge in [-0.15, -0.1) is 0 Å². The number of anilines is 1. The Morgan fingerprint density at radius 1 is 0.903 bits per heavy atom. The lowest BCUT2D eigenvalue weighted by Crippen LogP contribution is -2.14. The van der Waals surface area contributed by atoms with Crippen molar-refractivity contribution in [1.29, 1.82) is 0 Å². The molecular weight excluding hydrogens is 388 g/mol. The number of benzene rings is 3. The van der Waals surface area contributed by atoms with Crippen molar-refractivity contribution in [3.8, 4) is 16.9 Å². The molecule has 156 valence electrons. The zero-order valence-corrected chi connectivity index (χ0v) is 17.6. The number of hydrogen-bond acceptors (Lipinski definition) is 4. The van der Waals surface area contributed by atoms with Crippen molar-refractivity contribution in [3.05, 3.63) is 101 Å². The maximum Gasteiger partial charge on any atom is 0.228 e. The Hall–Kier alpha value is -3.86. The normalized spacial score (nSPS) is 10.6. The highest BCUT2D eigenvalue weighted by molar-refractivity contribution is 5.92. The third-order valence-electron chi connectivity index (χ3n) is 5.13. The van der Waals surface area contributed by atoms with Crippen LogP contribution in [0.4, 0.5) is 5.69 Å². The van der Waals surface area contributed by atoms with Gasteiger partial charge < -0.3 is 14.6 Å². The first-order chi connectivity index (χ1) is 15.1. The van der Waals surface area contributed by atoms with E-state index in [4.69, 9.17) is 9.26 Å². The molecule has 0 radical (unpaired) electrons. The van der Waals surface area contributed by atoms with Crippen LogP contribution in [0.2, 0.25) is 0 Å². The highest BCUT2D eigenvalue weighted by atomic mass is 16.5. The van der Waals surface area contributed by atoms with E-state index in [1.54, 1.807) is 0 Å². The zero-order chi connectivity index (χ0) is 21.6. The highest BCUT2D eigenvalue weighted by Crippen LogP contribution is 2.22. The third-order valence-corrected chi connectivity index (χ3v) is 5.13. The summed E-state index contributed by atoms with van der Waals surface area (Å²) in [6.07, 6.45) is 0.296. The zero-order valence-electron chi connectivity index (χ0n) is 17.6. The van der Waals surface area contributed by atoms with Crippen molar-refractivity contribution in [2.24, 2.45) is 0 Å². The molecule has 0 atom stereocenters. The summed E-state index contributed by atoms with van der Waals surface area (Å²) in [6.45, 7) is 4.17. The molecule has 1 amide bonds. The Balaban J connectivity index is 1.30. The van der Waals surface area contributed by atoms with E-state index in [1.165, 1.54) is 0 Å². The molecule has 0 bridgehead atoms. The summed E-state index contributed by atoms with van der Waals surface area (Å²) in [6, 6.07) is 25.6. The molecular formula is C26H24N2O3. The van der Waals surface area contributed by atoms with E-state index >= 15 is 0 Å². The standard InChI is InChI=1S/C26H24N2O3/c1-18-25(19(2)31-28-18)17-30-24-14-8-20(9-15-24)16-26(29)27-23-12-10-22(11-13-23)21-6-4-3-5-7-21/h3-15H,16-17H2,1-2H3,(H,27,29). The summed E-state index contributed by atoms with van der Waals surface area (Å²) in [7, 11) is 0. The Morgan fingerprint density at radius 3 is 2.23 bits per heavy atom. The van der Waals surface area contributed by atoms with Crippen molar-refractivity contribution >= 4 is 11.6 Å². The molecule has 0 aliphatic heterocycles. The second-order valence-electron chi connectivity index (χ2n) is 7.40. The molecule has 3 aromatic carbocycles. The molecule has 1 aromatic heterocycles. The molecule has 1 N–H and O–H groups in total. The maximum absolute atomic E-state index is 12.4. The lowest BCUT2D eigenvalue weighted by Gasteiger charge is -2.09. The molecule has 0 saturated heterocycles. The lowest BCUT2D eigenvalue weighted by molar-refractivity contribution is -0.115. The quantitative estimate of drug-likeness (QED) is 0.422. The van der Waals surface area contributed by atoms with Gasteiger partial charge in [-0.05, 0) is 54.8 Å². The minimum atomic E-state index is -0.0585. The second-order valence-corrected chi connectivity index (χ2v) is 7.40. The summed E-state index contributed by atoms with van der Waals surface area (Å²) in [5.41, 5.74) is 5.76. The number of aryl methyl sites for hydroxylation is 2. The molecule has 31 heavy (non-hydrogen) atoms. The molecule has 1 heterocycles. The average Bonchev–Trinajstić information content (AvgIpc) is 3.11. The summed E-state index contributed by atoms with van der Waals surface area (Å²) in [5.74, 6) is 1.44. The molecule has 0 aliphatic rings. The minimum Gasteiger partial charge on any atom is -0.489 e. The minimum absolute atomic E-state index is 0.0585. The summed E-state index contributed by atoms with van der Waals surface area (Å²) in [4.78, 5) is 12.4. The predicted molar refractivity (Wildman–Crippen MR) is 121 cm³/mol. The molecule has 4 aromatic rings. The van der Waals surface area contributed by atoms with Crippen LogP contribution in [-0.4, -0.2) is 11.1 Å². The van der Waals surface area contributed by atoms with E-state index in [-0.39, 0.29) is 5.91 Å². The second kappa shape index (κ2) is 9.30. The molecule has 0 saturated carbocycles. The van der Waals surface area contributed by atoms with Gasteiger partial charge in [0.05, 0.1) is 17.7 Å². The van der Waals surface area contributed by atoms with Gasteiger partial charge in [-0.2, -0.15) is 0 Å². The van der Waals surface area contributed by atoms with Crippen molar-refractivity contribution in [3.63, 3.8) is 0 Å². The Labute approximate surface area is 181 Å². The van der Waals surface area contributed by atoms with Crippen molar-refractivity contribution in [1.82, 2.24) is 5.16 Å². The predicted octanol–water partition coefficient (Wildman–Crippen LogP) is 5.72. The van der Waals surface area contributed by atoms with E-state index in [2.05, 4.69) is 22.6 Å². The van der Waals surface area contributed by atoms with Crippen LogP contribution in [0.1, 0.15) is 22.6 Å².